The molecule has 1 N–H and O–H groups in total. The summed E-state index contributed by atoms with van der Waals surface area (Å²) in [6, 6.07) is 11.0. The molecular formula is C22H26F2O3. The minimum absolute atomic E-state index is 0.0768. The number of hydrogen-bond acceptors (Lipinski definition) is 3. The highest BCUT2D eigenvalue weighted by Crippen LogP contribution is 2.39. The Hall–Kier alpha value is -2.43. The van der Waals surface area contributed by atoms with Gasteiger partial charge in [0.2, 0.25) is 0 Å². The summed E-state index contributed by atoms with van der Waals surface area (Å²) < 4.78 is 31.7. The Kier molecular flexibility index (Phi) is 7.77. The van der Waals surface area contributed by atoms with Crippen LogP contribution in [0, 0.1) is 0 Å². The van der Waals surface area contributed by atoms with Crippen molar-refractivity contribution in [3.8, 4) is 11.5 Å². The highest BCUT2D eigenvalue weighted by Gasteiger charge is 2.24. The van der Waals surface area contributed by atoms with E-state index in [1.54, 1.807) is 6.92 Å². The molecule has 0 atom stereocenters. The van der Waals surface area contributed by atoms with E-state index in [2.05, 4.69) is 31.2 Å². The number of phenolic OH excluding ortho intramolecular Hbond substituents is 1. The van der Waals surface area contributed by atoms with E-state index in [-0.39, 0.29) is 30.1 Å². The van der Waals surface area contributed by atoms with E-state index in [1.807, 2.05) is 0 Å². The topological polar surface area (TPSA) is 46.5 Å². The van der Waals surface area contributed by atoms with Gasteiger partial charge >= 0.3 is 0 Å². The van der Waals surface area contributed by atoms with Crippen molar-refractivity contribution < 1.29 is 23.4 Å². The maximum atomic E-state index is 13.3. The molecule has 3 nitrogen and oxygen atoms in total. The minimum atomic E-state index is -2.92. The summed E-state index contributed by atoms with van der Waals surface area (Å²) in [5.41, 5.74) is 1.73. The molecule has 0 spiro atoms. The van der Waals surface area contributed by atoms with E-state index in [9.17, 15) is 18.7 Å². The minimum Gasteiger partial charge on any atom is -0.507 e. The molecule has 5 heteroatoms. The van der Waals surface area contributed by atoms with Crippen LogP contribution in [-0.2, 0) is 12.8 Å². The summed E-state index contributed by atoms with van der Waals surface area (Å²) >= 11 is 0. The number of phenols is 1. The molecule has 0 heterocycles. The van der Waals surface area contributed by atoms with Crippen LogP contribution in [0.2, 0.25) is 0 Å². The van der Waals surface area contributed by atoms with Gasteiger partial charge in [0.25, 0.3) is 6.43 Å². The molecule has 146 valence electrons. The maximum Gasteiger partial charge on any atom is 0.271 e. The zero-order valence-corrected chi connectivity index (χ0v) is 15.8. The molecule has 0 saturated carbocycles. The van der Waals surface area contributed by atoms with E-state index in [0.717, 1.165) is 24.8 Å². The Morgan fingerprint density at radius 3 is 2.22 bits per heavy atom. The summed E-state index contributed by atoms with van der Waals surface area (Å²) in [5, 5.41) is 10.2. The summed E-state index contributed by atoms with van der Waals surface area (Å²) in [5.74, 6) is -1.11. The van der Waals surface area contributed by atoms with Crippen molar-refractivity contribution >= 4 is 5.78 Å². The third-order valence-electron chi connectivity index (χ3n) is 4.43. The molecule has 27 heavy (non-hydrogen) atoms. The average Bonchev–Trinajstić information content (AvgIpc) is 2.63. The number of aryl methyl sites for hydroxylation is 2. The zero-order valence-electron chi connectivity index (χ0n) is 15.8. The summed E-state index contributed by atoms with van der Waals surface area (Å²) in [7, 11) is 0. The predicted molar refractivity (Wildman–Crippen MR) is 102 cm³/mol. The van der Waals surface area contributed by atoms with Gasteiger partial charge in [-0.05, 0) is 49.4 Å². The summed E-state index contributed by atoms with van der Waals surface area (Å²) in [4.78, 5) is 12.4. The lowest BCUT2D eigenvalue weighted by Crippen LogP contribution is -2.05. The molecule has 0 fully saturated rings. The second-order valence-electron chi connectivity index (χ2n) is 6.45. The number of rotatable bonds is 10. The first-order valence-electron chi connectivity index (χ1n) is 9.35. The molecule has 0 saturated heterocycles. The first-order valence-corrected chi connectivity index (χ1v) is 9.35. The van der Waals surface area contributed by atoms with Gasteiger partial charge in [-0.3, -0.25) is 4.79 Å². The van der Waals surface area contributed by atoms with Gasteiger partial charge in [0, 0.05) is 6.42 Å². The van der Waals surface area contributed by atoms with Crippen molar-refractivity contribution in [1.29, 1.82) is 0 Å². The van der Waals surface area contributed by atoms with Crippen LogP contribution in [-0.4, -0.2) is 17.5 Å². The molecule has 0 amide bonds. The lowest BCUT2D eigenvalue weighted by molar-refractivity contribution is 0.0976. The number of hydrogen-bond donors (Lipinski definition) is 1. The molecule has 0 aliphatic heterocycles. The number of carbonyl (C=O) groups excluding carboxylic acids is 1. The van der Waals surface area contributed by atoms with Gasteiger partial charge in [0.1, 0.15) is 17.1 Å². The molecular weight excluding hydrogens is 350 g/mol. The number of halogens is 2. The highest BCUT2D eigenvalue weighted by molar-refractivity contribution is 5.99. The average molecular weight is 376 g/mol. The van der Waals surface area contributed by atoms with Gasteiger partial charge in [-0.2, -0.15) is 0 Å². The van der Waals surface area contributed by atoms with Crippen molar-refractivity contribution in [2.24, 2.45) is 0 Å². The van der Waals surface area contributed by atoms with E-state index < -0.39 is 17.7 Å². The van der Waals surface area contributed by atoms with Crippen LogP contribution >= 0.6 is 0 Å². The third-order valence-corrected chi connectivity index (χ3v) is 4.43. The smallest absolute Gasteiger partial charge is 0.271 e. The first kappa shape index (κ1) is 20.9. The van der Waals surface area contributed by atoms with E-state index in [1.165, 1.54) is 17.7 Å². The van der Waals surface area contributed by atoms with Crippen LogP contribution in [0.15, 0.2) is 36.4 Å². The Morgan fingerprint density at radius 2 is 1.67 bits per heavy atom. The monoisotopic (exact) mass is 376 g/mol. The Morgan fingerprint density at radius 1 is 1.04 bits per heavy atom. The lowest BCUT2D eigenvalue weighted by Gasteiger charge is -2.14. The predicted octanol–water partition coefficient (Wildman–Crippen LogP) is 5.89. The SMILES string of the molecule is CCCc1ccc(CCCC(=O)c2ccc(OCC)c(C(F)F)c2O)cc1. The van der Waals surface area contributed by atoms with Crippen LogP contribution in [0.25, 0.3) is 0 Å². The molecule has 0 radical (unpaired) electrons. The van der Waals surface area contributed by atoms with Crippen molar-refractivity contribution in [2.75, 3.05) is 6.61 Å². The van der Waals surface area contributed by atoms with E-state index >= 15 is 0 Å². The van der Waals surface area contributed by atoms with Crippen LogP contribution in [0.1, 0.15) is 66.6 Å². The van der Waals surface area contributed by atoms with Gasteiger partial charge in [-0.25, -0.2) is 8.78 Å². The highest BCUT2D eigenvalue weighted by atomic mass is 19.3. The number of alkyl halides is 2. The quantitative estimate of drug-likeness (QED) is 0.526. The van der Waals surface area contributed by atoms with E-state index in [4.69, 9.17) is 4.74 Å². The van der Waals surface area contributed by atoms with Gasteiger partial charge < -0.3 is 9.84 Å². The number of aromatic hydroxyl groups is 1. The fourth-order valence-electron chi connectivity index (χ4n) is 3.06. The standard InChI is InChI=1S/C22H26F2O3/c1-3-6-15-9-11-16(12-10-15)7-5-8-18(25)17-13-14-19(27-4-2)20(21(17)26)22(23)24/h9-14,22,26H,3-8H2,1-2H3. The Labute approximate surface area is 159 Å². The van der Waals surface area contributed by atoms with Gasteiger partial charge in [0.15, 0.2) is 5.78 Å². The van der Waals surface area contributed by atoms with Gasteiger partial charge in [-0.15, -0.1) is 0 Å². The molecule has 0 unspecified atom stereocenters. The molecule has 0 aromatic heterocycles. The summed E-state index contributed by atoms with van der Waals surface area (Å²) in [6.45, 7) is 4.00. The van der Waals surface area contributed by atoms with Gasteiger partial charge in [-0.1, -0.05) is 37.6 Å². The number of ketones is 1. The number of ether oxygens (including phenoxy) is 1. The molecule has 0 aliphatic carbocycles. The molecule has 2 rings (SSSR count). The number of benzene rings is 2. The van der Waals surface area contributed by atoms with Crippen molar-refractivity contribution in [3.63, 3.8) is 0 Å². The van der Waals surface area contributed by atoms with Crippen molar-refractivity contribution in [3.05, 3.63) is 58.7 Å². The fourth-order valence-corrected chi connectivity index (χ4v) is 3.06. The van der Waals surface area contributed by atoms with Crippen LogP contribution in [0.4, 0.5) is 8.78 Å². The molecule has 2 aromatic carbocycles. The van der Waals surface area contributed by atoms with E-state index in [0.29, 0.717) is 6.42 Å². The molecule has 0 bridgehead atoms. The van der Waals surface area contributed by atoms with Crippen LogP contribution in [0.3, 0.4) is 0 Å². The molecule has 0 aliphatic rings. The normalized spacial score (nSPS) is 11.0. The molecule has 2 aromatic rings. The lowest BCUT2D eigenvalue weighted by atomic mass is 9.98. The van der Waals surface area contributed by atoms with Crippen molar-refractivity contribution in [2.45, 2.75) is 52.4 Å². The largest absolute Gasteiger partial charge is 0.507 e. The van der Waals surface area contributed by atoms with Crippen molar-refractivity contribution in [1.82, 2.24) is 0 Å². The summed E-state index contributed by atoms with van der Waals surface area (Å²) in [6.07, 6.45) is 0.713. The first-order chi connectivity index (χ1) is 13.0. The second kappa shape index (κ2) is 10.0. The Bertz CT molecular complexity index is 755. The number of Topliss-reactive ketones (excluding diaryl/α,β-unsaturated/α-hetero) is 1. The number of carbonyl (C=O) groups is 1. The second-order valence-corrected chi connectivity index (χ2v) is 6.45. The third kappa shape index (κ3) is 5.52. The maximum absolute atomic E-state index is 13.3. The van der Waals surface area contributed by atoms with Crippen LogP contribution in [0.5, 0.6) is 11.5 Å². The fraction of sp³-hybridized carbons (Fsp3) is 0.409. The van der Waals surface area contributed by atoms with Gasteiger partial charge in [0.05, 0.1) is 12.2 Å². The Balaban J connectivity index is 2.02. The zero-order chi connectivity index (χ0) is 19.8. The van der Waals surface area contributed by atoms with Crippen LogP contribution < -0.4 is 4.74 Å².